The fourth-order valence-corrected chi connectivity index (χ4v) is 2.14. The number of nitrogens with zero attached hydrogens (tertiary/aromatic N) is 1. The molecule has 0 saturated heterocycles. The Hall–Kier alpha value is -1.54. The van der Waals surface area contributed by atoms with E-state index >= 15 is 0 Å². The van der Waals surface area contributed by atoms with Gasteiger partial charge >= 0.3 is 0 Å². The number of nitrogens with one attached hydrogen (secondary N) is 2. The highest BCUT2D eigenvalue weighted by Gasteiger charge is 2.07. The summed E-state index contributed by atoms with van der Waals surface area (Å²) in [7, 11) is -3.22. The molecule has 0 aromatic carbocycles. The summed E-state index contributed by atoms with van der Waals surface area (Å²) in [5.74, 6) is 0.709. The average Bonchev–Trinajstić information content (AvgIpc) is 2.23. The lowest BCUT2D eigenvalue weighted by Gasteiger charge is -2.08. The monoisotopic (exact) mass is 259 g/mol. The standard InChI is InChI=1S/C9H17N5O2S/c1-2-13-17(15,16)6-5-12-8-4-3-7(10)9(11)14-8/h3-4,13H,2,5-6,10H2,1H3,(H3,11,12,14). The van der Waals surface area contributed by atoms with Gasteiger partial charge in [0.1, 0.15) is 11.6 Å². The van der Waals surface area contributed by atoms with E-state index < -0.39 is 10.0 Å². The summed E-state index contributed by atoms with van der Waals surface area (Å²) in [4.78, 5) is 3.96. The van der Waals surface area contributed by atoms with Gasteiger partial charge in [-0.3, -0.25) is 0 Å². The van der Waals surface area contributed by atoms with Gasteiger partial charge in [-0.15, -0.1) is 0 Å². The lowest BCUT2D eigenvalue weighted by atomic mass is 10.4. The molecular weight excluding hydrogens is 242 g/mol. The summed E-state index contributed by atoms with van der Waals surface area (Å²) >= 11 is 0. The summed E-state index contributed by atoms with van der Waals surface area (Å²) in [6.07, 6.45) is 0. The van der Waals surface area contributed by atoms with E-state index in [2.05, 4.69) is 15.0 Å². The minimum atomic E-state index is -3.22. The zero-order valence-corrected chi connectivity index (χ0v) is 10.4. The molecule has 17 heavy (non-hydrogen) atoms. The Morgan fingerprint density at radius 3 is 2.65 bits per heavy atom. The smallest absolute Gasteiger partial charge is 0.213 e. The molecule has 0 saturated carbocycles. The molecule has 1 heterocycles. The maximum Gasteiger partial charge on any atom is 0.213 e. The minimum Gasteiger partial charge on any atom is -0.396 e. The lowest BCUT2D eigenvalue weighted by molar-refractivity contribution is 0.584. The molecule has 1 aromatic heterocycles. The van der Waals surface area contributed by atoms with Crippen molar-refractivity contribution in [2.75, 3.05) is 35.6 Å². The minimum absolute atomic E-state index is 0.0210. The van der Waals surface area contributed by atoms with E-state index in [1.54, 1.807) is 19.1 Å². The number of nitrogen functional groups attached to an aromatic ring is 2. The molecule has 6 N–H and O–H groups in total. The fraction of sp³-hybridized carbons (Fsp3) is 0.444. The van der Waals surface area contributed by atoms with Gasteiger partial charge in [0.2, 0.25) is 10.0 Å². The molecule has 8 heteroatoms. The number of sulfonamides is 1. The van der Waals surface area contributed by atoms with Crippen LogP contribution in [-0.2, 0) is 10.0 Å². The van der Waals surface area contributed by atoms with Crippen molar-refractivity contribution in [1.82, 2.24) is 9.71 Å². The SMILES string of the molecule is CCNS(=O)(=O)CCNc1ccc(N)c(N)n1. The third-order valence-electron chi connectivity index (χ3n) is 2.00. The van der Waals surface area contributed by atoms with Crippen molar-refractivity contribution in [3.05, 3.63) is 12.1 Å². The average molecular weight is 259 g/mol. The molecule has 0 atom stereocenters. The van der Waals surface area contributed by atoms with Crippen molar-refractivity contribution in [1.29, 1.82) is 0 Å². The van der Waals surface area contributed by atoms with Crippen LogP contribution in [-0.4, -0.2) is 32.2 Å². The number of nitrogens with two attached hydrogens (primary N) is 2. The molecule has 0 aliphatic carbocycles. The summed E-state index contributed by atoms with van der Waals surface area (Å²) in [6, 6.07) is 3.26. The van der Waals surface area contributed by atoms with Gasteiger partial charge in [0.25, 0.3) is 0 Å². The second-order valence-electron chi connectivity index (χ2n) is 3.41. The molecule has 0 unspecified atom stereocenters. The highest BCUT2D eigenvalue weighted by Crippen LogP contribution is 2.14. The highest BCUT2D eigenvalue weighted by molar-refractivity contribution is 7.89. The first kappa shape index (κ1) is 13.5. The van der Waals surface area contributed by atoms with E-state index in [9.17, 15) is 8.42 Å². The Bertz CT molecular complexity index is 474. The molecular formula is C9H17N5O2S. The van der Waals surface area contributed by atoms with Gasteiger partial charge in [0.15, 0.2) is 0 Å². The van der Waals surface area contributed by atoms with Crippen molar-refractivity contribution in [2.45, 2.75) is 6.92 Å². The maximum absolute atomic E-state index is 11.3. The topological polar surface area (TPSA) is 123 Å². The van der Waals surface area contributed by atoms with Crippen LogP contribution in [0, 0.1) is 0 Å². The number of aromatic nitrogens is 1. The zero-order chi connectivity index (χ0) is 12.9. The Kier molecular flexibility index (Phi) is 4.53. The maximum atomic E-state index is 11.3. The van der Waals surface area contributed by atoms with E-state index in [-0.39, 0.29) is 18.1 Å². The molecule has 0 aliphatic heterocycles. The zero-order valence-electron chi connectivity index (χ0n) is 9.60. The first-order valence-electron chi connectivity index (χ1n) is 5.18. The summed E-state index contributed by atoms with van der Waals surface area (Å²) in [5.41, 5.74) is 11.4. The van der Waals surface area contributed by atoms with E-state index in [0.29, 0.717) is 18.1 Å². The Morgan fingerprint density at radius 2 is 2.06 bits per heavy atom. The third-order valence-corrected chi connectivity index (χ3v) is 3.47. The quantitative estimate of drug-likeness (QED) is 0.551. The molecule has 0 amide bonds. The molecule has 0 radical (unpaired) electrons. The summed E-state index contributed by atoms with van der Waals surface area (Å²) in [5, 5.41) is 2.86. The van der Waals surface area contributed by atoms with Crippen molar-refractivity contribution in [3.8, 4) is 0 Å². The van der Waals surface area contributed by atoms with Crippen molar-refractivity contribution in [2.24, 2.45) is 0 Å². The molecule has 96 valence electrons. The van der Waals surface area contributed by atoms with Gasteiger partial charge in [-0.2, -0.15) is 0 Å². The molecule has 7 nitrogen and oxygen atoms in total. The van der Waals surface area contributed by atoms with Gasteiger partial charge in [0.05, 0.1) is 11.4 Å². The number of pyridine rings is 1. The van der Waals surface area contributed by atoms with Gasteiger partial charge in [-0.05, 0) is 12.1 Å². The third kappa shape index (κ3) is 4.45. The molecule has 1 rings (SSSR count). The number of rotatable bonds is 6. The number of anilines is 3. The van der Waals surface area contributed by atoms with Gasteiger partial charge in [-0.25, -0.2) is 18.1 Å². The highest BCUT2D eigenvalue weighted by atomic mass is 32.2. The van der Waals surface area contributed by atoms with E-state index in [1.165, 1.54) is 0 Å². The van der Waals surface area contributed by atoms with E-state index in [1.807, 2.05) is 0 Å². The van der Waals surface area contributed by atoms with E-state index in [4.69, 9.17) is 11.5 Å². The first-order valence-corrected chi connectivity index (χ1v) is 6.83. The summed E-state index contributed by atoms with van der Waals surface area (Å²) < 4.78 is 25.0. The number of hydrogen-bond acceptors (Lipinski definition) is 6. The molecule has 0 aliphatic rings. The van der Waals surface area contributed by atoms with Crippen molar-refractivity contribution >= 4 is 27.3 Å². The van der Waals surface area contributed by atoms with Crippen LogP contribution in [0.3, 0.4) is 0 Å². The molecule has 1 aromatic rings. The van der Waals surface area contributed by atoms with Gasteiger partial charge in [-0.1, -0.05) is 6.92 Å². The fourth-order valence-electron chi connectivity index (χ4n) is 1.19. The second-order valence-corrected chi connectivity index (χ2v) is 5.34. The predicted molar refractivity (Wildman–Crippen MR) is 69.0 cm³/mol. The molecule has 0 bridgehead atoms. The Balaban J connectivity index is 2.49. The number of hydrogen-bond donors (Lipinski definition) is 4. The van der Waals surface area contributed by atoms with Crippen LogP contribution in [0.1, 0.15) is 6.92 Å². The van der Waals surface area contributed by atoms with Gasteiger partial charge < -0.3 is 16.8 Å². The van der Waals surface area contributed by atoms with Crippen LogP contribution in [0.5, 0.6) is 0 Å². The van der Waals surface area contributed by atoms with E-state index in [0.717, 1.165) is 0 Å². The second kappa shape index (κ2) is 5.69. The van der Waals surface area contributed by atoms with Crippen LogP contribution < -0.4 is 21.5 Å². The Labute approximate surface area is 101 Å². The van der Waals surface area contributed by atoms with Crippen LogP contribution in [0.15, 0.2) is 12.1 Å². The molecule has 0 fully saturated rings. The van der Waals surface area contributed by atoms with Crippen LogP contribution in [0.4, 0.5) is 17.3 Å². The van der Waals surface area contributed by atoms with Gasteiger partial charge in [0, 0.05) is 13.1 Å². The van der Waals surface area contributed by atoms with Crippen LogP contribution >= 0.6 is 0 Å². The van der Waals surface area contributed by atoms with Crippen molar-refractivity contribution < 1.29 is 8.42 Å². The van der Waals surface area contributed by atoms with Crippen molar-refractivity contribution in [3.63, 3.8) is 0 Å². The summed E-state index contributed by atoms with van der Waals surface area (Å²) in [6.45, 7) is 2.37. The largest absolute Gasteiger partial charge is 0.396 e. The lowest BCUT2D eigenvalue weighted by Crippen LogP contribution is -2.29. The predicted octanol–water partition coefficient (Wildman–Crippen LogP) is -0.403. The first-order chi connectivity index (χ1) is 7.94. The normalized spacial score (nSPS) is 11.4. The molecule has 0 spiro atoms. The Morgan fingerprint density at radius 1 is 1.35 bits per heavy atom. The van der Waals surface area contributed by atoms with Crippen LogP contribution in [0.25, 0.3) is 0 Å². The van der Waals surface area contributed by atoms with Crippen LogP contribution in [0.2, 0.25) is 0 Å².